The molecule has 122 valence electrons. The molecule has 0 atom stereocenters. The van der Waals surface area contributed by atoms with Gasteiger partial charge in [0.25, 0.3) is 6.43 Å². The van der Waals surface area contributed by atoms with Crippen LogP contribution in [-0.2, 0) is 4.79 Å². The number of benzene rings is 1. The maximum atomic E-state index is 12.5. The number of rotatable bonds is 8. The topological polar surface area (TPSA) is 41.6 Å². The molecule has 1 aliphatic rings. The van der Waals surface area contributed by atoms with E-state index < -0.39 is 13.0 Å². The quantitative estimate of drug-likeness (QED) is 0.793. The molecule has 0 bridgehead atoms. The average Bonchev–Trinajstić information content (AvgIpc) is 3.29. The average molecular weight is 333 g/mol. The molecule has 1 amide bonds. The van der Waals surface area contributed by atoms with E-state index >= 15 is 0 Å². The summed E-state index contributed by atoms with van der Waals surface area (Å²) in [5.41, 5.74) is 0.676. The first kappa shape index (κ1) is 16.8. The summed E-state index contributed by atoms with van der Waals surface area (Å²) in [4.78, 5) is 13.4. The third-order valence-electron chi connectivity index (χ3n) is 3.46. The van der Waals surface area contributed by atoms with Gasteiger partial charge in [-0.1, -0.05) is 11.6 Å². The molecule has 7 heteroatoms. The predicted octanol–water partition coefficient (Wildman–Crippen LogP) is 3.41. The van der Waals surface area contributed by atoms with Crippen LogP contribution in [0.3, 0.4) is 0 Å². The molecule has 1 aromatic carbocycles. The molecule has 1 N–H and O–H groups in total. The van der Waals surface area contributed by atoms with Gasteiger partial charge in [-0.3, -0.25) is 4.79 Å². The summed E-state index contributed by atoms with van der Waals surface area (Å²) < 4.78 is 30.2. The molecule has 0 aliphatic heterocycles. The molecule has 0 unspecified atom stereocenters. The van der Waals surface area contributed by atoms with E-state index in [1.165, 1.54) is 12.0 Å². The van der Waals surface area contributed by atoms with Crippen LogP contribution in [0.25, 0.3) is 0 Å². The minimum Gasteiger partial charge on any atom is -0.495 e. The highest BCUT2D eigenvalue weighted by molar-refractivity contribution is 6.30. The lowest BCUT2D eigenvalue weighted by atomic mass is 10.2. The zero-order valence-corrected chi connectivity index (χ0v) is 13.1. The van der Waals surface area contributed by atoms with E-state index in [4.69, 9.17) is 16.3 Å². The highest BCUT2D eigenvalue weighted by Gasteiger charge is 2.33. The summed E-state index contributed by atoms with van der Waals surface area (Å²) in [5, 5.41) is 3.61. The van der Waals surface area contributed by atoms with Gasteiger partial charge in [-0.05, 0) is 31.0 Å². The maximum Gasteiger partial charge on any atom is 0.255 e. The molecule has 0 heterocycles. The van der Waals surface area contributed by atoms with Crippen LogP contribution >= 0.6 is 11.6 Å². The Labute approximate surface area is 133 Å². The summed E-state index contributed by atoms with van der Waals surface area (Å²) in [5.74, 6) is 0.361. The molecule has 1 fully saturated rings. The fourth-order valence-corrected chi connectivity index (χ4v) is 2.43. The molecule has 4 nitrogen and oxygen atoms in total. The first-order chi connectivity index (χ1) is 10.5. The summed E-state index contributed by atoms with van der Waals surface area (Å²) in [6, 6.07) is 5.11. The number of hydrogen-bond donors (Lipinski definition) is 1. The normalized spacial score (nSPS) is 14.0. The molecular formula is C15H19ClF2N2O2. The first-order valence-corrected chi connectivity index (χ1v) is 7.54. The molecule has 22 heavy (non-hydrogen) atoms. The van der Waals surface area contributed by atoms with Crippen LogP contribution in [0.5, 0.6) is 5.75 Å². The van der Waals surface area contributed by atoms with Crippen molar-refractivity contribution < 1.29 is 18.3 Å². The highest BCUT2D eigenvalue weighted by atomic mass is 35.5. The van der Waals surface area contributed by atoms with Gasteiger partial charge >= 0.3 is 0 Å². The van der Waals surface area contributed by atoms with Crippen LogP contribution < -0.4 is 10.1 Å². The number of alkyl halides is 2. The van der Waals surface area contributed by atoms with Crippen molar-refractivity contribution in [3.8, 4) is 5.75 Å². The van der Waals surface area contributed by atoms with Crippen molar-refractivity contribution in [2.24, 2.45) is 0 Å². The molecule has 0 spiro atoms. The predicted molar refractivity (Wildman–Crippen MR) is 81.8 cm³/mol. The number of carbonyl (C=O) groups is 1. The van der Waals surface area contributed by atoms with Crippen LogP contribution in [0.15, 0.2) is 18.2 Å². The Morgan fingerprint density at radius 3 is 2.82 bits per heavy atom. The van der Waals surface area contributed by atoms with Crippen molar-refractivity contribution in [2.75, 3.05) is 25.5 Å². The van der Waals surface area contributed by atoms with Crippen molar-refractivity contribution in [3.63, 3.8) is 0 Å². The van der Waals surface area contributed by atoms with E-state index in [2.05, 4.69) is 5.32 Å². The van der Waals surface area contributed by atoms with Crippen LogP contribution in [0.1, 0.15) is 19.3 Å². The minimum absolute atomic E-state index is 0.0118. The number of amides is 1. The number of anilines is 1. The Bertz CT molecular complexity index is 524. The van der Waals surface area contributed by atoms with Crippen molar-refractivity contribution in [1.82, 2.24) is 4.90 Å². The van der Waals surface area contributed by atoms with E-state index in [0.29, 0.717) is 23.0 Å². The second kappa shape index (κ2) is 7.63. The maximum absolute atomic E-state index is 12.5. The van der Waals surface area contributed by atoms with Gasteiger partial charge in [0.1, 0.15) is 5.75 Å². The smallest absolute Gasteiger partial charge is 0.255 e. The van der Waals surface area contributed by atoms with E-state index in [0.717, 1.165) is 12.8 Å². The van der Waals surface area contributed by atoms with Gasteiger partial charge in [-0.25, -0.2) is 8.78 Å². The summed E-state index contributed by atoms with van der Waals surface area (Å²) in [7, 11) is 1.54. The van der Waals surface area contributed by atoms with Gasteiger partial charge in [0.2, 0.25) is 5.91 Å². The second-order valence-electron chi connectivity index (χ2n) is 5.19. The number of methoxy groups -OCH3 is 1. The lowest BCUT2D eigenvalue weighted by Gasteiger charge is -2.22. The van der Waals surface area contributed by atoms with Crippen molar-refractivity contribution in [2.45, 2.75) is 31.7 Å². The number of halogens is 3. The zero-order valence-electron chi connectivity index (χ0n) is 12.3. The van der Waals surface area contributed by atoms with Crippen LogP contribution in [0, 0.1) is 0 Å². The molecule has 0 saturated heterocycles. The number of nitrogens with one attached hydrogen (secondary N) is 1. The highest BCUT2D eigenvalue weighted by Crippen LogP contribution is 2.29. The largest absolute Gasteiger partial charge is 0.495 e. The Kier molecular flexibility index (Phi) is 5.83. The fourth-order valence-electron chi connectivity index (χ4n) is 2.26. The van der Waals surface area contributed by atoms with Gasteiger partial charge in [0.15, 0.2) is 0 Å². The Morgan fingerprint density at radius 2 is 2.23 bits per heavy atom. The molecule has 1 aromatic rings. The number of ether oxygens (including phenoxy) is 1. The van der Waals surface area contributed by atoms with Gasteiger partial charge in [-0.15, -0.1) is 0 Å². The third-order valence-corrected chi connectivity index (χ3v) is 3.69. The molecule has 0 radical (unpaired) electrons. The first-order valence-electron chi connectivity index (χ1n) is 7.16. The lowest BCUT2D eigenvalue weighted by Crippen LogP contribution is -2.37. The molecule has 1 saturated carbocycles. The van der Waals surface area contributed by atoms with Gasteiger partial charge in [0.05, 0.1) is 19.3 Å². The molecule has 2 rings (SSSR count). The number of nitrogens with zero attached hydrogens (tertiary/aromatic N) is 1. The van der Waals surface area contributed by atoms with Crippen molar-refractivity contribution in [3.05, 3.63) is 23.2 Å². The van der Waals surface area contributed by atoms with E-state index in [1.54, 1.807) is 18.2 Å². The van der Waals surface area contributed by atoms with E-state index in [1.807, 2.05) is 0 Å². The van der Waals surface area contributed by atoms with Crippen molar-refractivity contribution >= 4 is 23.2 Å². The summed E-state index contributed by atoms with van der Waals surface area (Å²) in [6.07, 6.45) is -0.716. The Morgan fingerprint density at radius 1 is 1.50 bits per heavy atom. The third kappa shape index (κ3) is 4.73. The SMILES string of the molecule is COc1ccc(Cl)cc1NCCC(=O)N(CC(F)F)C1CC1. The van der Waals surface area contributed by atoms with E-state index in [-0.39, 0.29) is 18.4 Å². The second-order valence-corrected chi connectivity index (χ2v) is 5.63. The standard InChI is InChI=1S/C15H19ClF2N2O2/c1-22-13-5-2-10(16)8-12(13)19-7-6-15(21)20(9-14(17)18)11-3-4-11/h2,5,8,11,14,19H,3-4,6-7,9H2,1H3. The van der Waals surface area contributed by atoms with Crippen molar-refractivity contribution in [1.29, 1.82) is 0 Å². The Balaban J connectivity index is 1.87. The molecular weight excluding hydrogens is 314 g/mol. The lowest BCUT2D eigenvalue weighted by molar-refractivity contribution is -0.133. The monoisotopic (exact) mass is 332 g/mol. The molecule has 1 aliphatic carbocycles. The number of carbonyl (C=O) groups excluding carboxylic acids is 1. The Hall–Kier alpha value is -1.56. The zero-order chi connectivity index (χ0) is 16.1. The summed E-state index contributed by atoms with van der Waals surface area (Å²) >= 11 is 5.92. The number of hydrogen-bond acceptors (Lipinski definition) is 3. The van der Waals surface area contributed by atoms with Crippen LogP contribution in [0.4, 0.5) is 14.5 Å². The fraction of sp³-hybridized carbons (Fsp3) is 0.533. The van der Waals surface area contributed by atoms with Gasteiger partial charge in [0, 0.05) is 24.0 Å². The van der Waals surface area contributed by atoms with Crippen LogP contribution in [-0.4, -0.2) is 43.5 Å². The van der Waals surface area contributed by atoms with Gasteiger partial charge in [-0.2, -0.15) is 0 Å². The minimum atomic E-state index is -2.49. The molecule has 0 aromatic heterocycles. The van der Waals surface area contributed by atoms with Crippen LogP contribution in [0.2, 0.25) is 5.02 Å². The van der Waals surface area contributed by atoms with E-state index in [9.17, 15) is 13.6 Å². The summed E-state index contributed by atoms with van der Waals surface area (Å²) in [6.45, 7) is -0.147. The van der Waals surface area contributed by atoms with Gasteiger partial charge < -0.3 is 15.0 Å².